The molecular weight excluding hydrogens is 376 g/mol. The number of carbonyl (C=O) groups excluding carboxylic acids is 1. The lowest BCUT2D eigenvalue weighted by Gasteiger charge is -2.14. The minimum Gasteiger partial charge on any atom is -0.493 e. The summed E-state index contributed by atoms with van der Waals surface area (Å²) in [6.45, 7) is 5.42. The van der Waals surface area contributed by atoms with Crippen LogP contribution >= 0.6 is 24.0 Å². The topological polar surface area (TPSA) is 50.4 Å². The number of para-hydroxylation sites is 1. The molecule has 0 heterocycles. The van der Waals surface area contributed by atoms with Gasteiger partial charge in [0.2, 0.25) is 0 Å². The number of hydrogen-bond donors (Lipinski definition) is 2. The van der Waals surface area contributed by atoms with Crippen molar-refractivity contribution in [3.05, 3.63) is 59.7 Å². The van der Waals surface area contributed by atoms with E-state index in [9.17, 15) is 4.79 Å². The number of ether oxygens (including phenoxy) is 1. The molecule has 2 N–H and O–H groups in total. The number of amides is 1. The molecular formula is C21H26N2O2S2. The maximum absolute atomic E-state index is 12.5. The summed E-state index contributed by atoms with van der Waals surface area (Å²) in [7, 11) is 0. The van der Waals surface area contributed by atoms with Gasteiger partial charge in [0.1, 0.15) is 5.75 Å². The average Bonchev–Trinajstić information content (AvgIpc) is 2.67. The van der Waals surface area contributed by atoms with Crippen LogP contribution in [0.25, 0.3) is 0 Å². The Morgan fingerprint density at radius 3 is 2.52 bits per heavy atom. The van der Waals surface area contributed by atoms with Crippen molar-refractivity contribution in [3.8, 4) is 5.75 Å². The van der Waals surface area contributed by atoms with Crippen molar-refractivity contribution in [1.29, 1.82) is 0 Å². The van der Waals surface area contributed by atoms with Crippen LogP contribution in [-0.4, -0.2) is 23.9 Å². The van der Waals surface area contributed by atoms with Gasteiger partial charge >= 0.3 is 0 Å². The van der Waals surface area contributed by atoms with Crippen molar-refractivity contribution in [2.24, 2.45) is 5.92 Å². The normalized spacial score (nSPS) is 10.5. The largest absolute Gasteiger partial charge is 0.493 e. The summed E-state index contributed by atoms with van der Waals surface area (Å²) in [5.41, 5.74) is 1.58. The molecule has 144 valence electrons. The van der Waals surface area contributed by atoms with Gasteiger partial charge in [-0.2, -0.15) is 0 Å². The van der Waals surface area contributed by atoms with Crippen LogP contribution in [0.5, 0.6) is 5.75 Å². The zero-order chi connectivity index (χ0) is 19.6. The third kappa shape index (κ3) is 7.23. The van der Waals surface area contributed by atoms with Gasteiger partial charge in [-0.15, -0.1) is 11.8 Å². The second-order valence-corrected chi connectivity index (χ2v) is 7.80. The molecule has 0 radical (unpaired) electrons. The number of rotatable bonds is 8. The van der Waals surface area contributed by atoms with E-state index in [1.807, 2.05) is 30.5 Å². The number of thioether (sulfide) groups is 1. The number of hydrogen-bond acceptors (Lipinski definition) is 4. The molecule has 0 aliphatic carbocycles. The molecule has 0 atom stereocenters. The summed E-state index contributed by atoms with van der Waals surface area (Å²) < 4.78 is 5.78. The van der Waals surface area contributed by atoms with Gasteiger partial charge in [-0.05, 0) is 60.6 Å². The molecule has 27 heavy (non-hydrogen) atoms. The maximum atomic E-state index is 12.5. The highest BCUT2D eigenvalue weighted by molar-refractivity contribution is 7.98. The van der Waals surface area contributed by atoms with Crippen molar-refractivity contribution in [1.82, 2.24) is 10.6 Å². The van der Waals surface area contributed by atoms with Gasteiger partial charge in [-0.25, -0.2) is 0 Å². The first kappa shape index (κ1) is 21.3. The molecule has 0 bridgehead atoms. The summed E-state index contributed by atoms with van der Waals surface area (Å²) in [5.74, 6) is 0.851. The van der Waals surface area contributed by atoms with Crippen molar-refractivity contribution < 1.29 is 9.53 Å². The maximum Gasteiger partial charge on any atom is 0.261 e. The highest BCUT2D eigenvalue weighted by Crippen LogP contribution is 2.19. The molecule has 0 saturated carbocycles. The summed E-state index contributed by atoms with van der Waals surface area (Å²) in [6, 6.07) is 15.4. The van der Waals surface area contributed by atoms with Crippen molar-refractivity contribution >= 4 is 35.0 Å². The predicted molar refractivity (Wildman–Crippen MR) is 117 cm³/mol. The van der Waals surface area contributed by atoms with E-state index in [-0.39, 0.29) is 5.91 Å². The van der Waals surface area contributed by atoms with Crippen LogP contribution in [0.4, 0.5) is 0 Å². The number of thiocarbonyl (C=S) groups is 1. The molecule has 2 aromatic carbocycles. The van der Waals surface area contributed by atoms with Gasteiger partial charge < -0.3 is 10.1 Å². The minimum atomic E-state index is -0.273. The first-order valence-electron chi connectivity index (χ1n) is 8.93. The molecule has 0 spiro atoms. The second kappa shape index (κ2) is 10.9. The van der Waals surface area contributed by atoms with Crippen molar-refractivity contribution in [2.45, 2.75) is 31.7 Å². The molecule has 2 aromatic rings. The van der Waals surface area contributed by atoms with Crippen molar-refractivity contribution in [3.63, 3.8) is 0 Å². The Kier molecular flexibility index (Phi) is 8.61. The second-order valence-electron chi connectivity index (χ2n) is 6.51. The van der Waals surface area contributed by atoms with E-state index in [0.29, 0.717) is 35.5 Å². The van der Waals surface area contributed by atoms with Gasteiger partial charge in [0.25, 0.3) is 5.91 Å². The standard InChI is InChI=1S/C21H26N2O2S2/c1-15(2)12-13-25-19-7-5-4-6-18(19)20(24)23-21(26)22-14-16-8-10-17(27-3)11-9-16/h4-11,15H,12-14H2,1-3H3,(H2,22,23,24,26). The van der Waals surface area contributed by atoms with Crippen LogP contribution in [0, 0.1) is 5.92 Å². The van der Waals surface area contributed by atoms with E-state index in [1.54, 1.807) is 23.9 Å². The lowest BCUT2D eigenvalue weighted by Crippen LogP contribution is -2.39. The van der Waals surface area contributed by atoms with E-state index < -0.39 is 0 Å². The molecule has 4 nitrogen and oxygen atoms in total. The summed E-state index contributed by atoms with van der Waals surface area (Å²) in [4.78, 5) is 13.8. The zero-order valence-electron chi connectivity index (χ0n) is 16.0. The monoisotopic (exact) mass is 402 g/mol. The SMILES string of the molecule is CSc1ccc(CNC(=S)NC(=O)c2ccccc2OCCC(C)C)cc1. The van der Waals surface area contributed by atoms with Gasteiger partial charge in [-0.3, -0.25) is 10.1 Å². The molecule has 0 aliphatic heterocycles. The Morgan fingerprint density at radius 2 is 1.85 bits per heavy atom. The minimum absolute atomic E-state index is 0.273. The van der Waals surface area contributed by atoms with Crippen LogP contribution in [0.2, 0.25) is 0 Å². The first-order chi connectivity index (χ1) is 13.0. The molecule has 1 amide bonds. The first-order valence-corrected chi connectivity index (χ1v) is 10.6. The van der Waals surface area contributed by atoms with Crippen LogP contribution in [0.3, 0.4) is 0 Å². The lowest BCUT2D eigenvalue weighted by molar-refractivity contribution is 0.0972. The Hall–Kier alpha value is -2.05. The number of benzene rings is 2. The fraction of sp³-hybridized carbons (Fsp3) is 0.333. The van der Waals surface area contributed by atoms with E-state index in [4.69, 9.17) is 17.0 Å². The highest BCUT2D eigenvalue weighted by Gasteiger charge is 2.13. The average molecular weight is 403 g/mol. The summed E-state index contributed by atoms with van der Waals surface area (Å²) >= 11 is 6.96. The Bertz CT molecular complexity index is 761. The van der Waals surface area contributed by atoms with Gasteiger partial charge in [0.15, 0.2) is 5.11 Å². The van der Waals surface area contributed by atoms with E-state index in [1.165, 1.54) is 4.90 Å². The Morgan fingerprint density at radius 1 is 1.15 bits per heavy atom. The third-order valence-corrected chi connectivity index (χ3v) is 4.91. The van der Waals surface area contributed by atoms with Gasteiger partial charge in [-0.1, -0.05) is 38.1 Å². The van der Waals surface area contributed by atoms with Gasteiger partial charge in [0.05, 0.1) is 12.2 Å². The van der Waals surface area contributed by atoms with E-state index >= 15 is 0 Å². The fourth-order valence-electron chi connectivity index (χ4n) is 2.33. The van der Waals surface area contributed by atoms with Crippen LogP contribution < -0.4 is 15.4 Å². The number of nitrogens with one attached hydrogen (secondary N) is 2. The summed E-state index contributed by atoms with van der Waals surface area (Å²) in [6.07, 6.45) is 2.98. The van der Waals surface area contributed by atoms with Crippen LogP contribution in [-0.2, 0) is 6.54 Å². The molecule has 0 aliphatic rings. The Labute approximate surface area is 171 Å². The third-order valence-electron chi connectivity index (χ3n) is 3.92. The quantitative estimate of drug-likeness (QED) is 0.498. The van der Waals surface area contributed by atoms with Gasteiger partial charge in [0, 0.05) is 11.4 Å². The van der Waals surface area contributed by atoms with E-state index in [2.05, 4.69) is 36.6 Å². The molecule has 0 fully saturated rings. The predicted octanol–water partition coefficient (Wildman–Crippen LogP) is 4.64. The van der Waals surface area contributed by atoms with Crippen molar-refractivity contribution in [2.75, 3.05) is 12.9 Å². The lowest BCUT2D eigenvalue weighted by atomic mass is 10.1. The van der Waals surface area contributed by atoms with Crippen LogP contribution in [0.1, 0.15) is 36.2 Å². The number of carbonyl (C=O) groups is 1. The zero-order valence-corrected chi connectivity index (χ0v) is 17.6. The highest BCUT2D eigenvalue weighted by atomic mass is 32.2. The smallest absolute Gasteiger partial charge is 0.261 e. The molecule has 0 saturated heterocycles. The molecule has 6 heteroatoms. The van der Waals surface area contributed by atoms with E-state index in [0.717, 1.165) is 12.0 Å². The fourth-order valence-corrected chi connectivity index (χ4v) is 2.90. The summed E-state index contributed by atoms with van der Waals surface area (Å²) in [5, 5.41) is 6.09. The van der Waals surface area contributed by atoms with Crippen LogP contribution in [0.15, 0.2) is 53.4 Å². The molecule has 2 rings (SSSR count). The Balaban J connectivity index is 1.89. The molecule has 0 unspecified atom stereocenters. The molecule has 0 aromatic heterocycles.